The van der Waals surface area contributed by atoms with Gasteiger partial charge in [0.2, 0.25) is 0 Å². The van der Waals surface area contributed by atoms with Crippen LogP contribution in [0.3, 0.4) is 0 Å². The zero-order valence-corrected chi connectivity index (χ0v) is 8.74. The van der Waals surface area contributed by atoms with E-state index in [0.717, 1.165) is 11.2 Å². The Bertz CT molecular complexity index is 623. The fourth-order valence-corrected chi connectivity index (χ4v) is 1.34. The van der Waals surface area contributed by atoms with Gasteiger partial charge in [-0.15, -0.1) is 0 Å². The number of nitrogens with zero attached hydrogens (tertiary/aromatic N) is 5. The van der Waals surface area contributed by atoms with E-state index < -0.39 is 0 Å². The molecule has 3 heterocycles. The molecule has 0 saturated heterocycles. The smallest absolute Gasteiger partial charge is 0.318 e. The molecule has 0 saturated carbocycles. The molecule has 17 heavy (non-hydrogen) atoms. The van der Waals surface area contributed by atoms with Crippen LogP contribution >= 0.6 is 0 Å². The molecule has 0 aliphatic carbocycles. The Balaban J connectivity index is 1.76. The Morgan fingerprint density at radius 2 is 2.29 bits per heavy atom. The van der Waals surface area contributed by atoms with E-state index in [2.05, 4.69) is 30.1 Å². The van der Waals surface area contributed by atoms with Crippen molar-refractivity contribution in [3.05, 3.63) is 36.5 Å². The van der Waals surface area contributed by atoms with Crippen LogP contribution in [0.2, 0.25) is 0 Å². The van der Waals surface area contributed by atoms with Crippen molar-refractivity contribution in [2.24, 2.45) is 0 Å². The molecule has 3 aromatic rings. The zero-order valence-electron chi connectivity index (χ0n) is 8.74. The first kappa shape index (κ1) is 9.64. The van der Waals surface area contributed by atoms with E-state index in [-0.39, 0.29) is 12.6 Å². The van der Waals surface area contributed by atoms with Gasteiger partial charge in [-0.05, 0) is 12.1 Å². The monoisotopic (exact) mass is 228 g/mol. The summed E-state index contributed by atoms with van der Waals surface area (Å²) in [5, 5.41) is 7.64. The van der Waals surface area contributed by atoms with E-state index in [0.29, 0.717) is 5.65 Å². The number of aromatic amines is 1. The minimum absolute atomic E-state index is 0.273. The predicted octanol–water partition coefficient (Wildman–Crippen LogP) is 0.722. The quantitative estimate of drug-likeness (QED) is 0.710. The largest absolute Gasteiger partial charge is 0.457 e. The molecule has 0 unspecified atom stereocenters. The van der Waals surface area contributed by atoms with Crippen molar-refractivity contribution >= 4 is 11.2 Å². The Kier molecular flexibility index (Phi) is 2.34. The maximum Gasteiger partial charge on any atom is 0.318 e. The van der Waals surface area contributed by atoms with E-state index in [4.69, 9.17) is 4.74 Å². The molecule has 3 aromatic heterocycles. The van der Waals surface area contributed by atoms with Gasteiger partial charge in [0.25, 0.3) is 0 Å². The van der Waals surface area contributed by atoms with Crippen molar-refractivity contribution in [2.75, 3.05) is 0 Å². The molecule has 0 aromatic carbocycles. The molecule has 0 radical (unpaired) electrons. The maximum atomic E-state index is 5.39. The number of imidazole rings is 1. The molecular weight excluding hydrogens is 220 g/mol. The topological polar surface area (TPSA) is 89.5 Å². The average Bonchev–Trinajstić information content (AvgIpc) is 2.85. The molecule has 0 aliphatic rings. The van der Waals surface area contributed by atoms with Crippen molar-refractivity contribution in [3.63, 3.8) is 0 Å². The molecule has 0 amide bonds. The Morgan fingerprint density at radius 3 is 3.18 bits per heavy atom. The molecule has 7 heteroatoms. The normalized spacial score (nSPS) is 10.6. The van der Waals surface area contributed by atoms with Crippen LogP contribution in [0.15, 0.2) is 30.9 Å². The van der Waals surface area contributed by atoms with Crippen LogP contribution in [-0.4, -0.2) is 30.1 Å². The lowest BCUT2D eigenvalue weighted by molar-refractivity contribution is 0.276. The summed E-state index contributed by atoms with van der Waals surface area (Å²) in [7, 11) is 0. The molecule has 0 aliphatic heterocycles. The van der Waals surface area contributed by atoms with Gasteiger partial charge in [-0.2, -0.15) is 15.2 Å². The van der Waals surface area contributed by atoms with Crippen LogP contribution in [0.4, 0.5) is 0 Å². The fraction of sp³-hybridized carbons (Fsp3) is 0.100. The number of nitrogens with one attached hydrogen (secondary N) is 1. The van der Waals surface area contributed by atoms with E-state index in [1.807, 2.05) is 6.07 Å². The van der Waals surface area contributed by atoms with Crippen LogP contribution in [0, 0.1) is 0 Å². The van der Waals surface area contributed by atoms with E-state index in [1.165, 1.54) is 0 Å². The van der Waals surface area contributed by atoms with Crippen molar-refractivity contribution in [1.29, 1.82) is 0 Å². The molecule has 0 bridgehead atoms. The predicted molar refractivity (Wildman–Crippen MR) is 58.0 cm³/mol. The van der Waals surface area contributed by atoms with Crippen LogP contribution in [-0.2, 0) is 6.61 Å². The Hall–Kier alpha value is -2.57. The summed E-state index contributed by atoms with van der Waals surface area (Å²) in [6.45, 7) is 0.282. The number of hydrogen-bond donors (Lipinski definition) is 1. The fourth-order valence-electron chi connectivity index (χ4n) is 1.34. The molecule has 3 rings (SSSR count). The van der Waals surface area contributed by atoms with Gasteiger partial charge in [0.15, 0.2) is 5.65 Å². The second kappa shape index (κ2) is 4.12. The van der Waals surface area contributed by atoms with Gasteiger partial charge in [-0.3, -0.25) is 0 Å². The molecule has 0 atom stereocenters. The van der Waals surface area contributed by atoms with E-state index >= 15 is 0 Å². The van der Waals surface area contributed by atoms with Crippen LogP contribution in [0.25, 0.3) is 11.2 Å². The van der Waals surface area contributed by atoms with E-state index in [1.54, 1.807) is 24.8 Å². The van der Waals surface area contributed by atoms with Crippen molar-refractivity contribution in [3.8, 4) is 6.01 Å². The number of H-pyrrole nitrogens is 1. The Labute approximate surface area is 95.9 Å². The van der Waals surface area contributed by atoms with Gasteiger partial charge in [0.1, 0.15) is 17.8 Å². The standard InChI is InChI=1S/C10H8N6O/c1-2-7(16-14-3-1)5-17-10-11-4-8-9(15-10)13-6-12-8/h1-4,6H,5H2,(H,11,12,13,15). The highest BCUT2D eigenvalue weighted by Gasteiger charge is 2.03. The molecule has 7 nitrogen and oxygen atoms in total. The van der Waals surface area contributed by atoms with Gasteiger partial charge in [-0.25, -0.2) is 9.97 Å². The third-order valence-electron chi connectivity index (χ3n) is 2.13. The first-order chi connectivity index (χ1) is 8.42. The molecule has 0 spiro atoms. The summed E-state index contributed by atoms with van der Waals surface area (Å²) < 4.78 is 5.39. The van der Waals surface area contributed by atoms with Gasteiger partial charge in [0.05, 0.1) is 12.5 Å². The van der Waals surface area contributed by atoms with Gasteiger partial charge < -0.3 is 9.72 Å². The summed E-state index contributed by atoms with van der Waals surface area (Å²) in [4.78, 5) is 15.1. The first-order valence-electron chi connectivity index (χ1n) is 4.97. The Morgan fingerprint density at radius 1 is 1.29 bits per heavy atom. The summed E-state index contributed by atoms with van der Waals surface area (Å²) in [5.74, 6) is 0. The average molecular weight is 228 g/mol. The molecule has 1 N–H and O–H groups in total. The number of rotatable bonds is 3. The van der Waals surface area contributed by atoms with Gasteiger partial charge in [0, 0.05) is 6.20 Å². The van der Waals surface area contributed by atoms with Gasteiger partial charge >= 0.3 is 6.01 Å². The minimum atomic E-state index is 0.273. The van der Waals surface area contributed by atoms with Crippen molar-refractivity contribution in [1.82, 2.24) is 30.1 Å². The lowest BCUT2D eigenvalue weighted by atomic mass is 10.4. The maximum absolute atomic E-state index is 5.39. The summed E-state index contributed by atoms with van der Waals surface area (Å²) in [6.07, 6.45) is 4.79. The van der Waals surface area contributed by atoms with Crippen LogP contribution in [0.5, 0.6) is 6.01 Å². The van der Waals surface area contributed by atoms with Crippen molar-refractivity contribution < 1.29 is 4.74 Å². The summed E-state index contributed by atoms with van der Waals surface area (Å²) in [6, 6.07) is 3.89. The highest BCUT2D eigenvalue weighted by molar-refractivity contribution is 5.68. The second-order valence-corrected chi connectivity index (χ2v) is 3.30. The lowest BCUT2D eigenvalue weighted by Gasteiger charge is -2.01. The van der Waals surface area contributed by atoms with Crippen LogP contribution < -0.4 is 4.74 Å². The lowest BCUT2D eigenvalue weighted by Crippen LogP contribution is -2.01. The van der Waals surface area contributed by atoms with Crippen LogP contribution in [0.1, 0.15) is 5.69 Å². The summed E-state index contributed by atoms with van der Waals surface area (Å²) >= 11 is 0. The van der Waals surface area contributed by atoms with Gasteiger partial charge in [-0.1, -0.05) is 0 Å². The number of ether oxygens (including phenoxy) is 1. The van der Waals surface area contributed by atoms with Crippen molar-refractivity contribution in [2.45, 2.75) is 6.61 Å². The zero-order chi connectivity index (χ0) is 11.5. The third kappa shape index (κ3) is 2.03. The number of hydrogen-bond acceptors (Lipinski definition) is 6. The third-order valence-corrected chi connectivity index (χ3v) is 2.13. The molecule has 0 fully saturated rings. The molecule has 84 valence electrons. The summed E-state index contributed by atoms with van der Waals surface area (Å²) in [5.41, 5.74) is 2.07. The minimum Gasteiger partial charge on any atom is -0.457 e. The second-order valence-electron chi connectivity index (χ2n) is 3.30. The SMILES string of the molecule is c1cnnc(COc2ncc3[nH]cnc3n2)c1. The highest BCUT2D eigenvalue weighted by Crippen LogP contribution is 2.09. The van der Waals surface area contributed by atoms with E-state index in [9.17, 15) is 0 Å². The number of aromatic nitrogens is 6. The molecular formula is C10H8N6O. The first-order valence-corrected chi connectivity index (χ1v) is 4.97. The number of fused-ring (bicyclic) bond motifs is 1. The highest BCUT2D eigenvalue weighted by atomic mass is 16.5.